The molecular weight excluding hydrogens is 384 g/mol. The molecule has 0 bridgehead atoms. The summed E-state index contributed by atoms with van der Waals surface area (Å²) in [4.78, 5) is 28.3. The maximum absolute atomic E-state index is 13.5. The molecule has 0 aromatic heterocycles. The summed E-state index contributed by atoms with van der Waals surface area (Å²) >= 11 is 0. The smallest absolute Gasteiger partial charge is 0.282 e. The number of benzene rings is 3. The zero-order valence-corrected chi connectivity index (χ0v) is 18.3. The zero-order valence-electron chi connectivity index (χ0n) is 18.3. The molecule has 0 spiro atoms. The third-order valence-corrected chi connectivity index (χ3v) is 5.65. The Kier molecular flexibility index (Phi) is 5.47. The van der Waals surface area contributed by atoms with E-state index in [1.54, 1.807) is 0 Å². The summed E-state index contributed by atoms with van der Waals surface area (Å²) in [5, 5.41) is 3.23. The molecule has 2 amide bonds. The SMILES string of the molecule is CCc1ccc(NC2=C(c3ccc(C)cc3)C(=O)N(c3ccc(C)cc3C)C2=O)cc1. The average Bonchev–Trinajstić information content (AvgIpc) is 2.99. The monoisotopic (exact) mass is 410 g/mol. The van der Waals surface area contributed by atoms with Crippen LogP contribution >= 0.6 is 0 Å². The third-order valence-electron chi connectivity index (χ3n) is 5.65. The Balaban J connectivity index is 1.81. The molecular formula is C27H26N2O2. The zero-order chi connectivity index (χ0) is 22.1. The molecule has 31 heavy (non-hydrogen) atoms. The molecule has 4 nitrogen and oxygen atoms in total. The fourth-order valence-electron chi connectivity index (χ4n) is 3.88. The molecule has 0 atom stereocenters. The first-order chi connectivity index (χ1) is 14.9. The maximum Gasteiger partial charge on any atom is 0.282 e. The number of imide groups is 1. The lowest BCUT2D eigenvalue weighted by Crippen LogP contribution is -2.33. The van der Waals surface area contributed by atoms with Crippen molar-refractivity contribution in [1.29, 1.82) is 0 Å². The van der Waals surface area contributed by atoms with Gasteiger partial charge in [-0.3, -0.25) is 9.59 Å². The standard InChI is InChI=1S/C27H26N2O2/c1-5-20-9-13-22(14-10-20)28-25-24(21-11-6-17(2)7-12-21)26(30)29(27(25)31)23-15-8-18(3)16-19(23)4/h6-16,28H,5H2,1-4H3. The maximum atomic E-state index is 13.5. The van der Waals surface area contributed by atoms with Crippen LogP contribution in [0.1, 0.15) is 34.7 Å². The summed E-state index contributed by atoms with van der Waals surface area (Å²) in [7, 11) is 0. The fourth-order valence-corrected chi connectivity index (χ4v) is 3.88. The number of aryl methyl sites for hydroxylation is 4. The number of amides is 2. The van der Waals surface area contributed by atoms with Crippen molar-refractivity contribution in [3.8, 4) is 0 Å². The van der Waals surface area contributed by atoms with Crippen molar-refractivity contribution >= 4 is 28.8 Å². The molecule has 3 aromatic carbocycles. The van der Waals surface area contributed by atoms with Gasteiger partial charge in [0.1, 0.15) is 5.70 Å². The lowest BCUT2D eigenvalue weighted by molar-refractivity contribution is -0.120. The summed E-state index contributed by atoms with van der Waals surface area (Å²) in [5.74, 6) is -0.652. The number of nitrogens with zero attached hydrogens (tertiary/aromatic N) is 1. The van der Waals surface area contributed by atoms with Gasteiger partial charge in [-0.05, 0) is 62.1 Å². The van der Waals surface area contributed by atoms with Gasteiger partial charge in [-0.15, -0.1) is 0 Å². The molecule has 1 aliphatic rings. The van der Waals surface area contributed by atoms with Crippen LogP contribution in [0.5, 0.6) is 0 Å². The van der Waals surface area contributed by atoms with Gasteiger partial charge in [0.25, 0.3) is 11.8 Å². The van der Waals surface area contributed by atoms with Gasteiger partial charge in [-0.2, -0.15) is 0 Å². The topological polar surface area (TPSA) is 49.4 Å². The van der Waals surface area contributed by atoms with Crippen LogP contribution in [0, 0.1) is 20.8 Å². The van der Waals surface area contributed by atoms with E-state index in [2.05, 4.69) is 12.2 Å². The van der Waals surface area contributed by atoms with Crippen molar-refractivity contribution in [2.75, 3.05) is 10.2 Å². The molecule has 1 heterocycles. The largest absolute Gasteiger partial charge is 0.350 e. The van der Waals surface area contributed by atoms with E-state index < -0.39 is 0 Å². The quantitative estimate of drug-likeness (QED) is 0.559. The molecule has 0 radical (unpaired) electrons. The Morgan fingerprint density at radius 3 is 2.03 bits per heavy atom. The van der Waals surface area contributed by atoms with Crippen molar-refractivity contribution in [2.45, 2.75) is 34.1 Å². The van der Waals surface area contributed by atoms with Crippen LogP contribution in [-0.2, 0) is 16.0 Å². The van der Waals surface area contributed by atoms with Crippen LogP contribution in [0.4, 0.5) is 11.4 Å². The molecule has 0 saturated carbocycles. The first-order valence-corrected chi connectivity index (χ1v) is 10.5. The Morgan fingerprint density at radius 1 is 0.774 bits per heavy atom. The van der Waals surface area contributed by atoms with E-state index in [0.717, 1.165) is 34.4 Å². The molecule has 3 aromatic rings. The minimum absolute atomic E-state index is 0.304. The van der Waals surface area contributed by atoms with Gasteiger partial charge in [-0.25, -0.2) is 4.90 Å². The van der Waals surface area contributed by atoms with E-state index in [4.69, 9.17) is 0 Å². The number of rotatable bonds is 5. The highest BCUT2D eigenvalue weighted by Crippen LogP contribution is 2.35. The summed E-state index contributed by atoms with van der Waals surface area (Å²) in [6.45, 7) is 8.01. The van der Waals surface area contributed by atoms with E-state index in [-0.39, 0.29) is 11.8 Å². The van der Waals surface area contributed by atoms with Crippen molar-refractivity contribution in [1.82, 2.24) is 0 Å². The second kappa shape index (κ2) is 8.23. The van der Waals surface area contributed by atoms with Gasteiger partial charge < -0.3 is 5.32 Å². The highest BCUT2D eigenvalue weighted by molar-refractivity contribution is 6.46. The molecule has 4 rings (SSSR count). The van der Waals surface area contributed by atoms with Crippen LogP contribution in [0.25, 0.3) is 5.57 Å². The second-order valence-corrected chi connectivity index (χ2v) is 8.03. The van der Waals surface area contributed by atoms with Gasteiger partial charge in [0.15, 0.2) is 0 Å². The molecule has 0 saturated heterocycles. The van der Waals surface area contributed by atoms with Gasteiger partial charge in [-0.1, -0.05) is 66.6 Å². The number of carbonyl (C=O) groups is 2. The summed E-state index contributed by atoms with van der Waals surface area (Å²) in [6, 6.07) is 21.4. The van der Waals surface area contributed by atoms with Gasteiger partial charge in [0, 0.05) is 5.69 Å². The first kappa shape index (κ1) is 20.6. The Hall–Kier alpha value is -3.66. The lowest BCUT2D eigenvalue weighted by Gasteiger charge is -2.18. The normalized spacial score (nSPS) is 13.9. The molecule has 1 N–H and O–H groups in total. The van der Waals surface area contributed by atoms with Crippen molar-refractivity contribution in [3.63, 3.8) is 0 Å². The molecule has 0 aliphatic carbocycles. The van der Waals surface area contributed by atoms with Crippen molar-refractivity contribution in [2.24, 2.45) is 0 Å². The highest BCUT2D eigenvalue weighted by atomic mass is 16.2. The number of hydrogen-bond acceptors (Lipinski definition) is 3. The van der Waals surface area contributed by atoms with Crippen LogP contribution < -0.4 is 10.2 Å². The number of anilines is 2. The van der Waals surface area contributed by atoms with Crippen LogP contribution in [-0.4, -0.2) is 11.8 Å². The van der Waals surface area contributed by atoms with Crippen LogP contribution in [0.3, 0.4) is 0 Å². The predicted molar refractivity (Wildman–Crippen MR) is 126 cm³/mol. The summed E-state index contributed by atoms with van der Waals surface area (Å²) in [6.07, 6.45) is 0.940. The van der Waals surface area contributed by atoms with Crippen LogP contribution in [0.15, 0.2) is 72.4 Å². The number of carbonyl (C=O) groups excluding carboxylic acids is 2. The molecule has 156 valence electrons. The Bertz CT molecular complexity index is 1190. The van der Waals surface area contributed by atoms with Gasteiger partial charge >= 0.3 is 0 Å². The predicted octanol–water partition coefficient (Wildman–Crippen LogP) is 5.57. The van der Waals surface area contributed by atoms with Gasteiger partial charge in [0.05, 0.1) is 11.3 Å². The molecule has 0 unspecified atom stereocenters. The minimum atomic E-state index is -0.341. The van der Waals surface area contributed by atoms with E-state index in [1.165, 1.54) is 10.5 Å². The minimum Gasteiger partial charge on any atom is -0.350 e. The first-order valence-electron chi connectivity index (χ1n) is 10.5. The summed E-state index contributed by atoms with van der Waals surface area (Å²) < 4.78 is 0. The van der Waals surface area contributed by atoms with Gasteiger partial charge in [0.2, 0.25) is 0 Å². The molecule has 4 heteroatoms. The Labute approximate surface area is 183 Å². The van der Waals surface area contributed by atoms with E-state index in [1.807, 2.05) is 87.5 Å². The fraction of sp³-hybridized carbons (Fsp3) is 0.185. The van der Waals surface area contributed by atoms with E-state index in [9.17, 15) is 9.59 Å². The molecule has 1 aliphatic heterocycles. The average molecular weight is 411 g/mol. The summed E-state index contributed by atoms with van der Waals surface area (Å²) in [5.41, 5.74) is 7.09. The van der Waals surface area contributed by atoms with Crippen LogP contribution in [0.2, 0.25) is 0 Å². The molecule has 0 fully saturated rings. The highest BCUT2D eigenvalue weighted by Gasteiger charge is 2.40. The van der Waals surface area contributed by atoms with Crippen molar-refractivity contribution < 1.29 is 9.59 Å². The number of hydrogen-bond donors (Lipinski definition) is 1. The third kappa shape index (κ3) is 3.89. The number of nitrogens with one attached hydrogen (secondary N) is 1. The lowest BCUT2D eigenvalue weighted by atomic mass is 10.0. The van der Waals surface area contributed by atoms with Crippen molar-refractivity contribution in [3.05, 3.63) is 100 Å². The van der Waals surface area contributed by atoms with E-state index >= 15 is 0 Å². The second-order valence-electron chi connectivity index (χ2n) is 8.03. The Morgan fingerprint density at radius 2 is 1.42 bits per heavy atom. The van der Waals surface area contributed by atoms with E-state index in [0.29, 0.717) is 17.0 Å².